The van der Waals surface area contributed by atoms with E-state index in [2.05, 4.69) is 56.5 Å². The van der Waals surface area contributed by atoms with Gasteiger partial charge in [-0.3, -0.25) is 9.89 Å². The number of hydrogen-bond acceptors (Lipinski definition) is 3. The van der Waals surface area contributed by atoms with E-state index >= 15 is 0 Å². The number of nitrogens with one attached hydrogen (secondary N) is 1. The predicted molar refractivity (Wildman–Crippen MR) is 124 cm³/mol. The molecule has 1 saturated heterocycles. The summed E-state index contributed by atoms with van der Waals surface area (Å²) in [6.07, 6.45) is 5.94. The van der Waals surface area contributed by atoms with E-state index in [0.29, 0.717) is 6.04 Å². The van der Waals surface area contributed by atoms with Crippen molar-refractivity contribution in [2.24, 2.45) is 4.99 Å². The maximum Gasteiger partial charge on any atom is 0.193 e. The van der Waals surface area contributed by atoms with Crippen molar-refractivity contribution in [3.05, 3.63) is 42.0 Å². The van der Waals surface area contributed by atoms with Gasteiger partial charge in [-0.05, 0) is 36.9 Å². The van der Waals surface area contributed by atoms with E-state index in [0.717, 1.165) is 45.2 Å². The third kappa shape index (κ3) is 6.19. The largest absolute Gasteiger partial charge is 0.383 e. The lowest BCUT2D eigenvalue weighted by Crippen LogP contribution is -2.48. The standard InChI is InChI=1S/C21H32N4O.HI/c1-22-21(23-17-20-9-6-12-24(20)15-16-26-2)25-13-10-19(11-14-25)18-7-4-3-5-8-18;/h3-5,7-8,10,20H,6,9,11-17H2,1-2H3,(H,22,23);1H. The second kappa shape index (κ2) is 11.7. The minimum atomic E-state index is 0. The number of hydrogen-bond donors (Lipinski definition) is 1. The SMILES string of the molecule is CN=C(NCC1CCCN1CCOC)N1CC=C(c2ccccc2)CC1.I. The predicted octanol–water partition coefficient (Wildman–Crippen LogP) is 3.08. The Morgan fingerprint density at radius 1 is 1.26 bits per heavy atom. The number of ether oxygens (including phenoxy) is 1. The minimum Gasteiger partial charge on any atom is -0.383 e. The Labute approximate surface area is 180 Å². The van der Waals surface area contributed by atoms with Crippen molar-refractivity contribution in [2.45, 2.75) is 25.3 Å². The van der Waals surface area contributed by atoms with Crippen LogP contribution >= 0.6 is 24.0 Å². The average molecular weight is 484 g/mol. The Morgan fingerprint density at radius 2 is 2.07 bits per heavy atom. The molecule has 150 valence electrons. The summed E-state index contributed by atoms with van der Waals surface area (Å²) in [5.41, 5.74) is 2.79. The van der Waals surface area contributed by atoms with Gasteiger partial charge < -0.3 is 15.0 Å². The van der Waals surface area contributed by atoms with Crippen LogP contribution in [0.2, 0.25) is 0 Å². The Bertz CT molecular complexity index is 620. The van der Waals surface area contributed by atoms with Crippen LogP contribution < -0.4 is 5.32 Å². The summed E-state index contributed by atoms with van der Waals surface area (Å²) >= 11 is 0. The molecule has 0 aromatic heterocycles. The van der Waals surface area contributed by atoms with Gasteiger partial charge in [0.05, 0.1) is 6.61 Å². The Kier molecular flexibility index (Phi) is 9.58. The molecule has 6 heteroatoms. The van der Waals surface area contributed by atoms with Crippen molar-refractivity contribution < 1.29 is 4.74 Å². The summed E-state index contributed by atoms with van der Waals surface area (Å²) < 4.78 is 5.24. The molecule has 0 radical (unpaired) electrons. The first-order valence-electron chi connectivity index (χ1n) is 9.75. The number of aliphatic imine (C=N–C) groups is 1. The second-order valence-corrected chi connectivity index (χ2v) is 7.04. The normalized spacial score (nSPS) is 21.0. The first kappa shape index (κ1) is 22.2. The molecule has 2 aliphatic heterocycles. The molecule has 2 aliphatic rings. The van der Waals surface area contributed by atoms with Crippen LogP contribution in [-0.2, 0) is 4.74 Å². The van der Waals surface area contributed by atoms with E-state index < -0.39 is 0 Å². The highest BCUT2D eigenvalue weighted by molar-refractivity contribution is 14.0. The zero-order chi connectivity index (χ0) is 18.2. The molecular weight excluding hydrogens is 451 g/mol. The van der Waals surface area contributed by atoms with E-state index in [1.54, 1.807) is 7.11 Å². The summed E-state index contributed by atoms with van der Waals surface area (Å²) in [6.45, 7) is 5.91. The molecule has 27 heavy (non-hydrogen) atoms. The van der Waals surface area contributed by atoms with Gasteiger partial charge in [0.25, 0.3) is 0 Å². The number of benzene rings is 1. The maximum absolute atomic E-state index is 5.24. The van der Waals surface area contributed by atoms with Gasteiger partial charge in [0.15, 0.2) is 5.96 Å². The number of nitrogens with zero attached hydrogens (tertiary/aromatic N) is 3. The fourth-order valence-electron chi connectivity index (χ4n) is 3.95. The van der Waals surface area contributed by atoms with Crippen LogP contribution in [0, 0.1) is 0 Å². The zero-order valence-electron chi connectivity index (χ0n) is 16.6. The van der Waals surface area contributed by atoms with Crippen LogP contribution in [0.3, 0.4) is 0 Å². The van der Waals surface area contributed by atoms with Crippen LogP contribution in [-0.4, -0.2) is 75.3 Å². The molecule has 0 amide bonds. The molecule has 2 heterocycles. The number of likely N-dealkylation sites (tertiary alicyclic amines) is 1. The quantitative estimate of drug-likeness (QED) is 0.383. The molecule has 1 fully saturated rings. The molecule has 0 spiro atoms. The van der Waals surface area contributed by atoms with Gasteiger partial charge in [-0.25, -0.2) is 0 Å². The highest BCUT2D eigenvalue weighted by Crippen LogP contribution is 2.22. The van der Waals surface area contributed by atoms with Gasteiger partial charge in [0.2, 0.25) is 0 Å². The maximum atomic E-state index is 5.24. The molecule has 0 aliphatic carbocycles. The monoisotopic (exact) mass is 484 g/mol. The van der Waals surface area contributed by atoms with Crippen molar-refractivity contribution in [1.29, 1.82) is 0 Å². The van der Waals surface area contributed by atoms with Gasteiger partial charge in [0.1, 0.15) is 0 Å². The minimum absolute atomic E-state index is 0. The van der Waals surface area contributed by atoms with Gasteiger partial charge in [0, 0.05) is 46.4 Å². The van der Waals surface area contributed by atoms with Crippen molar-refractivity contribution in [2.75, 3.05) is 53.5 Å². The van der Waals surface area contributed by atoms with E-state index in [1.807, 2.05) is 7.05 Å². The van der Waals surface area contributed by atoms with Crippen molar-refractivity contribution >= 4 is 35.5 Å². The highest BCUT2D eigenvalue weighted by Gasteiger charge is 2.25. The summed E-state index contributed by atoms with van der Waals surface area (Å²) in [4.78, 5) is 9.40. The summed E-state index contributed by atoms with van der Waals surface area (Å²) in [5.74, 6) is 1.02. The van der Waals surface area contributed by atoms with Crippen molar-refractivity contribution in [3.63, 3.8) is 0 Å². The second-order valence-electron chi connectivity index (χ2n) is 7.04. The van der Waals surface area contributed by atoms with Gasteiger partial charge in [-0.15, -0.1) is 24.0 Å². The molecule has 1 N–H and O–H groups in total. The lowest BCUT2D eigenvalue weighted by atomic mass is 10.00. The molecule has 0 saturated carbocycles. The Hall–Kier alpha value is -1.12. The highest BCUT2D eigenvalue weighted by atomic mass is 127. The van der Waals surface area contributed by atoms with Crippen LogP contribution in [0.1, 0.15) is 24.8 Å². The molecule has 5 nitrogen and oxygen atoms in total. The molecule has 3 rings (SSSR count). The van der Waals surface area contributed by atoms with Crippen LogP contribution in [0.25, 0.3) is 5.57 Å². The molecule has 1 aromatic carbocycles. The van der Waals surface area contributed by atoms with E-state index in [1.165, 1.54) is 30.5 Å². The Morgan fingerprint density at radius 3 is 2.74 bits per heavy atom. The first-order valence-corrected chi connectivity index (χ1v) is 9.75. The summed E-state index contributed by atoms with van der Waals surface area (Å²) in [7, 11) is 3.66. The van der Waals surface area contributed by atoms with Crippen LogP contribution in [0.4, 0.5) is 0 Å². The van der Waals surface area contributed by atoms with E-state index in [4.69, 9.17) is 4.74 Å². The van der Waals surface area contributed by atoms with Crippen molar-refractivity contribution in [3.8, 4) is 0 Å². The number of rotatable bonds is 6. The topological polar surface area (TPSA) is 40.1 Å². The molecule has 1 atom stereocenters. The zero-order valence-corrected chi connectivity index (χ0v) is 18.9. The smallest absolute Gasteiger partial charge is 0.193 e. The van der Waals surface area contributed by atoms with E-state index in [9.17, 15) is 0 Å². The van der Waals surface area contributed by atoms with E-state index in [-0.39, 0.29) is 24.0 Å². The molecule has 0 bridgehead atoms. The van der Waals surface area contributed by atoms with Gasteiger partial charge >= 0.3 is 0 Å². The summed E-state index contributed by atoms with van der Waals surface area (Å²) in [5, 5.41) is 3.61. The number of guanidine groups is 1. The first-order chi connectivity index (χ1) is 12.8. The van der Waals surface area contributed by atoms with Gasteiger partial charge in [-0.2, -0.15) is 0 Å². The van der Waals surface area contributed by atoms with Crippen LogP contribution in [0.15, 0.2) is 41.4 Å². The lowest BCUT2D eigenvalue weighted by molar-refractivity contribution is 0.141. The Balaban J connectivity index is 0.00000261. The lowest BCUT2D eigenvalue weighted by Gasteiger charge is -2.31. The molecular formula is C21H33IN4O. The van der Waals surface area contributed by atoms with Gasteiger partial charge in [-0.1, -0.05) is 36.4 Å². The molecule has 1 aromatic rings. The fourth-order valence-corrected chi connectivity index (χ4v) is 3.95. The molecule has 1 unspecified atom stereocenters. The third-order valence-corrected chi connectivity index (χ3v) is 5.44. The number of methoxy groups -OCH3 is 1. The fraction of sp³-hybridized carbons (Fsp3) is 0.571. The van der Waals surface area contributed by atoms with Crippen LogP contribution in [0.5, 0.6) is 0 Å². The average Bonchev–Trinajstić information content (AvgIpc) is 3.15. The third-order valence-electron chi connectivity index (χ3n) is 5.44. The number of halogens is 1. The summed E-state index contributed by atoms with van der Waals surface area (Å²) in [6, 6.07) is 11.3. The van der Waals surface area contributed by atoms with Crippen molar-refractivity contribution in [1.82, 2.24) is 15.1 Å².